The number of benzene rings is 3. The summed E-state index contributed by atoms with van der Waals surface area (Å²) < 4.78 is 20.0. The highest BCUT2D eigenvalue weighted by Gasteiger charge is 2.45. The number of ether oxygens (including phenoxy) is 1. The van der Waals surface area contributed by atoms with Crippen LogP contribution in [0.1, 0.15) is 59.8 Å². The number of halogens is 2. The van der Waals surface area contributed by atoms with Gasteiger partial charge in [0.2, 0.25) is 0 Å². The number of rotatable bonds is 3. The number of carbonyl (C=O) groups is 2. The fourth-order valence-corrected chi connectivity index (χ4v) is 6.29. The van der Waals surface area contributed by atoms with Crippen molar-refractivity contribution in [1.29, 1.82) is 0 Å². The molecule has 2 atom stereocenters. The molecule has 36 heavy (non-hydrogen) atoms. The standard InChI is InChI=1S/C28H25ClFNO4S/c1-28(2,3)20-8-6-17(14-21(20)29)31-25(15-4-9-22-23(12-15)36-11-10-35-22)24(27(33)34)18-7-5-16(30)13-19(18)26(31)32/h4-9,12-14,24-25H,10-11H2,1-3H3,(H,33,34). The van der Waals surface area contributed by atoms with E-state index < -0.39 is 29.7 Å². The quantitative estimate of drug-likeness (QED) is 0.406. The molecule has 2 heterocycles. The zero-order valence-electron chi connectivity index (χ0n) is 20.0. The minimum Gasteiger partial charge on any atom is -0.492 e. The van der Waals surface area contributed by atoms with Crippen molar-refractivity contribution < 1.29 is 23.8 Å². The van der Waals surface area contributed by atoms with Gasteiger partial charge in [-0.2, -0.15) is 0 Å². The molecular formula is C28H25ClFNO4S. The molecule has 8 heteroatoms. The molecule has 1 amide bonds. The topological polar surface area (TPSA) is 66.8 Å². The molecule has 0 bridgehead atoms. The number of hydrogen-bond donors (Lipinski definition) is 1. The molecule has 2 aliphatic heterocycles. The van der Waals surface area contributed by atoms with Gasteiger partial charge in [0.05, 0.1) is 12.6 Å². The first kappa shape index (κ1) is 24.7. The van der Waals surface area contributed by atoms with E-state index in [1.807, 2.05) is 39.0 Å². The summed E-state index contributed by atoms with van der Waals surface area (Å²) in [4.78, 5) is 28.9. The van der Waals surface area contributed by atoms with Crippen molar-refractivity contribution in [2.24, 2.45) is 0 Å². The average Bonchev–Trinajstić information content (AvgIpc) is 2.82. The molecule has 186 valence electrons. The van der Waals surface area contributed by atoms with E-state index in [1.54, 1.807) is 30.0 Å². The zero-order chi connectivity index (χ0) is 25.8. The van der Waals surface area contributed by atoms with Crippen LogP contribution in [-0.2, 0) is 10.2 Å². The maximum Gasteiger partial charge on any atom is 0.313 e. The zero-order valence-corrected chi connectivity index (χ0v) is 21.6. The molecule has 3 aromatic rings. The van der Waals surface area contributed by atoms with Crippen molar-refractivity contribution in [3.05, 3.63) is 87.7 Å². The van der Waals surface area contributed by atoms with E-state index in [-0.39, 0.29) is 16.5 Å². The van der Waals surface area contributed by atoms with Gasteiger partial charge in [0.1, 0.15) is 17.5 Å². The van der Waals surface area contributed by atoms with E-state index in [1.165, 1.54) is 17.0 Å². The van der Waals surface area contributed by atoms with Crippen molar-refractivity contribution in [2.45, 2.75) is 43.0 Å². The summed E-state index contributed by atoms with van der Waals surface area (Å²) in [6, 6.07) is 13.6. The molecule has 2 aliphatic rings. The first-order valence-electron chi connectivity index (χ1n) is 11.6. The lowest BCUT2D eigenvalue weighted by molar-refractivity contribution is -0.139. The maximum atomic E-state index is 14.2. The van der Waals surface area contributed by atoms with Crippen LogP contribution in [0, 0.1) is 5.82 Å². The normalized spacial score (nSPS) is 19.4. The molecule has 0 spiro atoms. The van der Waals surface area contributed by atoms with Gasteiger partial charge >= 0.3 is 5.97 Å². The SMILES string of the molecule is CC(C)(C)c1ccc(N2C(=O)c3cc(F)ccc3C(C(=O)O)C2c2ccc3c(c2)SCCO3)cc1Cl. The summed E-state index contributed by atoms with van der Waals surface area (Å²) in [5.41, 5.74) is 2.09. The fraction of sp³-hybridized carbons (Fsp3) is 0.286. The van der Waals surface area contributed by atoms with Crippen LogP contribution in [0.25, 0.3) is 0 Å². The van der Waals surface area contributed by atoms with Crippen LogP contribution in [0.2, 0.25) is 5.02 Å². The summed E-state index contributed by atoms with van der Waals surface area (Å²) >= 11 is 8.28. The van der Waals surface area contributed by atoms with E-state index in [0.717, 1.165) is 28.0 Å². The number of anilines is 1. The predicted octanol–water partition coefficient (Wildman–Crippen LogP) is 6.83. The number of nitrogens with zero attached hydrogens (tertiary/aromatic N) is 1. The summed E-state index contributed by atoms with van der Waals surface area (Å²) in [7, 11) is 0. The second kappa shape index (κ2) is 9.12. The number of thioether (sulfide) groups is 1. The molecule has 0 fully saturated rings. The Kier molecular flexibility index (Phi) is 6.25. The molecular weight excluding hydrogens is 501 g/mol. The molecule has 0 aliphatic carbocycles. The Balaban J connectivity index is 1.74. The highest BCUT2D eigenvalue weighted by molar-refractivity contribution is 7.99. The van der Waals surface area contributed by atoms with Gasteiger partial charge in [-0.25, -0.2) is 4.39 Å². The van der Waals surface area contributed by atoms with E-state index >= 15 is 0 Å². The van der Waals surface area contributed by atoms with Gasteiger partial charge in [0.25, 0.3) is 5.91 Å². The maximum absolute atomic E-state index is 14.2. The lowest BCUT2D eigenvalue weighted by atomic mass is 9.79. The smallest absolute Gasteiger partial charge is 0.313 e. The number of aliphatic carboxylic acids is 1. The molecule has 0 saturated carbocycles. The highest BCUT2D eigenvalue weighted by atomic mass is 35.5. The van der Waals surface area contributed by atoms with E-state index in [2.05, 4.69) is 0 Å². The Bertz CT molecular complexity index is 1390. The van der Waals surface area contributed by atoms with Gasteiger partial charge < -0.3 is 9.84 Å². The molecule has 0 saturated heterocycles. The number of carboxylic acid groups (broad SMARTS) is 1. The third kappa shape index (κ3) is 4.24. The summed E-state index contributed by atoms with van der Waals surface area (Å²) in [5, 5.41) is 10.9. The van der Waals surface area contributed by atoms with Crippen LogP contribution in [0.5, 0.6) is 5.75 Å². The molecule has 5 nitrogen and oxygen atoms in total. The lowest BCUT2D eigenvalue weighted by Gasteiger charge is -2.41. The van der Waals surface area contributed by atoms with Gasteiger partial charge in [0.15, 0.2) is 0 Å². The van der Waals surface area contributed by atoms with Crippen molar-refractivity contribution in [3.8, 4) is 5.75 Å². The van der Waals surface area contributed by atoms with Crippen molar-refractivity contribution in [1.82, 2.24) is 0 Å². The monoisotopic (exact) mass is 525 g/mol. The molecule has 2 unspecified atom stereocenters. The average molecular weight is 526 g/mol. The molecule has 1 N–H and O–H groups in total. The Morgan fingerprint density at radius 1 is 1.14 bits per heavy atom. The molecule has 3 aromatic carbocycles. The van der Waals surface area contributed by atoms with Crippen molar-refractivity contribution in [2.75, 3.05) is 17.3 Å². The Labute approximate surface area is 218 Å². The van der Waals surface area contributed by atoms with E-state index in [4.69, 9.17) is 16.3 Å². The molecule has 5 rings (SSSR count). The number of carboxylic acids is 1. The molecule has 0 radical (unpaired) electrons. The second-order valence-electron chi connectivity index (χ2n) is 9.98. The first-order valence-corrected chi connectivity index (χ1v) is 13.0. The van der Waals surface area contributed by atoms with Crippen LogP contribution in [-0.4, -0.2) is 29.3 Å². The van der Waals surface area contributed by atoms with Gasteiger partial charge in [0, 0.05) is 26.9 Å². The van der Waals surface area contributed by atoms with E-state index in [9.17, 15) is 19.1 Å². The number of fused-ring (bicyclic) bond motifs is 2. The van der Waals surface area contributed by atoms with Crippen molar-refractivity contribution >= 4 is 40.9 Å². The van der Waals surface area contributed by atoms with Crippen LogP contribution in [0.15, 0.2) is 59.5 Å². The van der Waals surface area contributed by atoms with Gasteiger partial charge in [-0.05, 0) is 58.5 Å². The number of hydrogen-bond acceptors (Lipinski definition) is 4. The Morgan fingerprint density at radius 2 is 1.92 bits per heavy atom. The number of amides is 1. The van der Waals surface area contributed by atoms with Crippen LogP contribution in [0.4, 0.5) is 10.1 Å². The lowest BCUT2D eigenvalue weighted by Crippen LogP contribution is -2.45. The van der Waals surface area contributed by atoms with Gasteiger partial charge in [-0.3, -0.25) is 14.5 Å². The third-order valence-corrected chi connectivity index (χ3v) is 7.92. The Morgan fingerprint density at radius 3 is 2.61 bits per heavy atom. The summed E-state index contributed by atoms with van der Waals surface area (Å²) in [5.74, 6) is -1.80. The Hall–Kier alpha value is -3.03. The van der Waals surface area contributed by atoms with Crippen LogP contribution in [0.3, 0.4) is 0 Å². The second-order valence-corrected chi connectivity index (χ2v) is 11.5. The summed E-state index contributed by atoms with van der Waals surface area (Å²) in [6.45, 7) is 6.71. The molecule has 0 aromatic heterocycles. The first-order chi connectivity index (χ1) is 17.1. The summed E-state index contributed by atoms with van der Waals surface area (Å²) in [6.07, 6.45) is 0. The minimum absolute atomic E-state index is 0.0327. The minimum atomic E-state index is -1.12. The highest BCUT2D eigenvalue weighted by Crippen LogP contribution is 2.48. The third-order valence-electron chi connectivity index (χ3n) is 6.61. The predicted molar refractivity (Wildman–Crippen MR) is 139 cm³/mol. The fourth-order valence-electron chi connectivity index (χ4n) is 4.95. The van der Waals surface area contributed by atoms with E-state index in [0.29, 0.717) is 22.9 Å². The van der Waals surface area contributed by atoms with Crippen LogP contribution < -0.4 is 9.64 Å². The van der Waals surface area contributed by atoms with Gasteiger partial charge in [-0.15, -0.1) is 11.8 Å². The largest absolute Gasteiger partial charge is 0.492 e. The van der Waals surface area contributed by atoms with Crippen LogP contribution >= 0.6 is 23.4 Å². The number of carbonyl (C=O) groups excluding carboxylic acids is 1. The van der Waals surface area contributed by atoms with Crippen molar-refractivity contribution in [3.63, 3.8) is 0 Å². The van der Waals surface area contributed by atoms with Gasteiger partial charge in [-0.1, -0.05) is 50.6 Å².